The highest BCUT2D eigenvalue weighted by molar-refractivity contribution is 6.14. The lowest BCUT2D eigenvalue weighted by atomic mass is 9.86. The van der Waals surface area contributed by atoms with Gasteiger partial charge in [0, 0.05) is 0 Å². The monoisotopic (exact) mass is 658 g/mol. The minimum Gasteiger partial charge on any atom is -0.0622 e. The van der Waals surface area contributed by atoms with Crippen molar-refractivity contribution >= 4 is 43.1 Å². The number of hydrogen-bond acceptors (Lipinski definition) is 0. The Kier molecular flexibility index (Phi) is 7.25. The molecule has 0 bridgehead atoms. The molecule has 0 amide bonds. The first-order valence-corrected chi connectivity index (χ1v) is 18.0. The number of fused-ring (bicyclic) bond motifs is 4. The molecular weight excluding hydrogens is 625 g/mol. The van der Waals surface area contributed by atoms with E-state index < -0.39 is 0 Å². The summed E-state index contributed by atoms with van der Waals surface area (Å²) in [5.74, 6) is 0. The fourth-order valence-electron chi connectivity index (χ4n) is 8.23. The Morgan fingerprint density at radius 3 is 1.37 bits per heavy atom. The zero-order valence-electron chi connectivity index (χ0n) is 28.6. The highest BCUT2D eigenvalue weighted by atomic mass is 14.2. The van der Waals surface area contributed by atoms with Gasteiger partial charge in [0.25, 0.3) is 0 Å². The molecule has 0 spiro atoms. The molecule has 52 heavy (non-hydrogen) atoms. The van der Waals surface area contributed by atoms with E-state index in [0.717, 1.165) is 0 Å². The van der Waals surface area contributed by atoms with Crippen LogP contribution in [0.1, 0.15) is 0 Å². The van der Waals surface area contributed by atoms with Crippen LogP contribution >= 0.6 is 0 Å². The molecule has 0 radical (unpaired) electrons. The molecule has 242 valence electrons. The predicted octanol–water partition coefficient (Wildman–Crippen LogP) is 14.6. The average Bonchev–Trinajstić information content (AvgIpc) is 3.22. The molecule has 0 saturated heterocycles. The van der Waals surface area contributed by atoms with Crippen LogP contribution in [0.5, 0.6) is 0 Å². The van der Waals surface area contributed by atoms with E-state index in [1.54, 1.807) is 0 Å². The molecule has 0 aliphatic rings. The van der Waals surface area contributed by atoms with Crippen molar-refractivity contribution in [1.82, 2.24) is 0 Å². The van der Waals surface area contributed by atoms with Gasteiger partial charge in [-0.3, -0.25) is 0 Å². The Labute approximate surface area is 303 Å². The highest BCUT2D eigenvalue weighted by Gasteiger charge is 2.17. The van der Waals surface area contributed by atoms with Gasteiger partial charge in [0.1, 0.15) is 0 Å². The van der Waals surface area contributed by atoms with E-state index in [-0.39, 0.29) is 0 Å². The molecule has 0 fully saturated rings. The van der Waals surface area contributed by atoms with Gasteiger partial charge in [-0.05, 0) is 117 Å². The quantitative estimate of drug-likeness (QED) is 0.173. The van der Waals surface area contributed by atoms with Crippen LogP contribution in [0.25, 0.3) is 98.7 Å². The van der Waals surface area contributed by atoms with Crippen LogP contribution in [0.4, 0.5) is 0 Å². The second-order valence-electron chi connectivity index (χ2n) is 13.6. The molecule has 0 aromatic heterocycles. The van der Waals surface area contributed by atoms with Crippen LogP contribution < -0.4 is 0 Å². The van der Waals surface area contributed by atoms with E-state index in [1.165, 1.54) is 98.7 Å². The first-order valence-electron chi connectivity index (χ1n) is 18.0. The zero-order chi connectivity index (χ0) is 34.4. The lowest BCUT2D eigenvalue weighted by Crippen LogP contribution is -1.91. The van der Waals surface area contributed by atoms with Gasteiger partial charge in [-0.2, -0.15) is 0 Å². The molecule has 0 unspecified atom stereocenters. The van der Waals surface area contributed by atoms with Gasteiger partial charge in [-0.15, -0.1) is 0 Å². The summed E-state index contributed by atoms with van der Waals surface area (Å²) in [6.45, 7) is 0. The summed E-state index contributed by atoms with van der Waals surface area (Å²) in [6, 6.07) is 75.6. The number of rotatable bonds is 5. The van der Waals surface area contributed by atoms with E-state index >= 15 is 0 Å². The SMILES string of the molecule is c1ccc(-c2cccc3c(-c4ccc5c(-c6cccc7ccccc67)cc(-c6cccc7ccccc67)cc5c4)ccc(-c4ccccc4)c23)cc1. The van der Waals surface area contributed by atoms with Crippen LogP contribution in [-0.2, 0) is 0 Å². The summed E-state index contributed by atoms with van der Waals surface area (Å²) >= 11 is 0. The lowest BCUT2D eigenvalue weighted by Gasteiger charge is -2.18. The smallest absolute Gasteiger partial charge is 0.00206 e. The summed E-state index contributed by atoms with van der Waals surface area (Å²) < 4.78 is 0. The fourth-order valence-corrected chi connectivity index (χ4v) is 8.23. The lowest BCUT2D eigenvalue weighted by molar-refractivity contribution is 1.61. The van der Waals surface area contributed by atoms with Gasteiger partial charge in [-0.25, -0.2) is 0 Å². The predicted molar refractivity (Wildman–Crippen MR) is 224 cm³/mol. The third kappa shape index (κ3) is 5.08. The molecule has 0 aliphatic carbocycles. The second kappa shape index (κ2) is 12.5. The molecule has 0 atom stereocenters. The van der Waals surface area contributed by atoms with Crippen molar-refractivity contribution < 1.29 is 0 Å². The van der Waals surface area contributed by atoms with Crippen molar-refractivity contribution in [3.05, 3.63) is 206 Å². The summed E-state index contributed by atoms with van der Waals surface area (Å²) in [7, 11) is 0. The highest BCUT2D eigenvalue weighted by Crippen LogP contribution is 2.44. The van der Waals surface area contributed by atoms with Gasteiger partial charge in [0.2, 0.25) is 0 Å². The van der Waals surface area contributed by atoms with Crippen molar-refractivity contribution in [1.29, 1.82) is 0 Å². The summed E-state index contributed by atoms with van der Waals surface area (Å²) in [4.78, 5) is 0. The number of hydrogen-bond donors (Lipinski definition) is 0. The van der Waals surface area contributed by atoms with Crippen LogP contribution in [-0.4, -0.2) is 0 Å². The van der Waals surface area contributed by atoms with E-state index in [0.29, 0.717) is 0 Å². The first-order chi connectivity index (χ1) is 25.8. The Morgan fingerprint density at radius 1 is 0.192 bits per heavy atom. The average molecular weight is 659 g/mol. The normalized spacial score (nSPS) is 11.5. The molecule has 0 heteroatoms. The molecular formula is C52H34. The van der Waals surface area contributed by atoms with Gasteiger partial charge in [0.05, 0.1) is 0 Å². The van der Waals surface area contributed by atoms with Crippen molar-refractivity contribution in [2.45, 2.75) is 0 Å². The van der Waals surface area contributed by atoms with Gasteiger partial charge in [-0.1, -0.05) is 188 Å². The largest absolute Gasteiger partial charge is 0.0622 e. The Balaban J connectivity index is 1.25. The van der Waals surface area contributed by atoms with Gasteiger partial charge >= 0.3 is 0 Å². The minimum atomic E-state index is 1.21. The van der Waals surface area contributed by atoms with E-state index in [9.17, 15) is 0 Å². The maximum Gasteiger partial charge on any atom is -0.00206 e. The second-order valence-corrected chi connectivity index (χ2v) is 13.6. The van der Waals surface area contributed by atoms with Crippen LogP contribution in [0.2, 0.25) is 0 Å². The van der Waals surface area contributed by atoms with Crippen molar-refractivity contribution in [3.63, 3.8) is 0 Å². The molecule has 10 rings (SSSR count). The number of benzene rings is 10. The molecule has 10 aromatic rings. The summed E-state index contributed by atoms with van der Waals surface area (Å²) in [5.41, 5.74) is 12.4. The Bertz CT molecular complexity index is 2880. The molecule has 0 saturated carbocycles. The van der Waals surface area contributed by atoms with Crippen molar-refractivity contribution in [3.8, 4) is 55.6 Å². The topological polar surface area (TPSA) is 0 Å². The standard InChI is InChI=1S/C52H34/c1-3-14-37(15-4-1)47-25-13-27-50-45(30-31-48(52(47)50)38-16-5-2-6-17-38)39-28-29-46-40(32-39)33-41(44-24-11-20-35-18-7-9-22-42(35)44)34-51(46)49-26-12-21-36-19-8-10-23-43(36)49/h1-34H. The maximum atomic E-state index is 2.41. The molecule has 10 aromatic carbocycles. The van der Waals surface area contributed by atoms with Crippen LogP contribution in [0, 0.1) is 0 Å². The fraction of sp³-hybridized carbons (Fsp3) is 0. The van der Waals surface area contributed by atoms with E-state index in [1.807, 2.05) is 0 Å². The minimum absolute atomic E-state index is 1.21. The summed E-state index contributed by atoms with van der Waals surface area (Å²) in [5, 5.41) is 10.0. The van der Waals surface area contributed by atoms with Crippen molar-refractivity contribution in [2.75, 3.05) is 0 Å². The van der Waals surface area contributed by atoms with Gasteiger partial charge in [0.15, 0.2) is 0 Å². The first kappa shape index (κ1) is 30.1. The molecule has 0 N–H and O–H groups in total. The molecule has 0 heterocycles. The molecule has 0 aliphatic heterocycles. The van der Waals surface area contributed by atoms with Crippen LogP contribution in [0.3, 0.4) is 0 Å². The van der Waals surface area contributed by atoms with E-state index in [4.69, 9.17) is 0 Å². The van der Waals surface area contributed by atoms with Crippen molar-refractivity contribution in [2.24, 2.45) is 0 Å². The molecule has 0 nitrogen and oxygen atoms in total. The zero-order valence-corrected chi connectivity index (χ0v) is 28.6. The third-order valence-electron chi connectivity index (χ3n) is 10.7. The van der Waals surface area contributed by atoms with Crippen LogP contribution in [0.15, 0.2) is 206 Å². The van der Waals surface area contributed by atoms with Gasteiger partial charge < -0.3 is 0 Å². The van der Waals surface area contributed by atoms with E-state index in [2.05, 4.69) is 206 Å². The third-order valence-corrected chi connectivity index (χ3v) is 10.7. The maximum absolute atomic E-state index is 2.41. The summed E-state index contributed by atoms with van der Waals surface area (Å²) in [6.07, 6.45) is 0. The Hall–Kier alpha value is -6.76. The Morgan fingerprint density at radius 2 is 0.654 bits per heavy atom.